The summed E-state index contributed by atoms with van der Waals surface area (Å²) in [5, 5.41) is 29.1. The normalized spacial score (nSPS) is 12.3. The summed E-state index contributed by atoms with van der Waals surface area (Å²) >= 11 is 0. The van der Waals surface area contributed by atoms with Gasteiger partial charge in [-0.3, -0.25) is 0 Å². The van der Waals surface area contributed by atoms with E-state index >= 15 is 0 Å². The number of aliphatic hydroxyl groups is 1. The van der Waals surface area contributed by atoms with Crippen molar-refractivity contribution in [1.29, 1.82) is 0 Å². The molecule has 0 amide bonds. The molecule has 2 aromatic rings. The summed E-state index contributed by atoms with van der Waals surface area (Å²) < 4.78 is 0. The summed E-state index contributed by atoms with van der Waals surface area (Å²) in [6, 6.07) is 15.0. The Hall–Kier alpha value is -1.88. The van der Waals surface area contributed by atoms with Gasteiger partial charge in [-0.1, -0.05) is 75.0 Å². The Morgan fingerprint density at radius 2 is 1.70 bits per heavy atom. The molecule has 2 rings (SSSR count). The van der Waals surface area contributed by atoms with Gasteiger partial charge >= 0.3 is 7.12 Å². The van der Waals surface area contributed by atoms with E-state index in [0.29, 0.717) is 5.46 Å². The highest BCUT2D eigenvalue weighted by atomic mass is 16.4. The van der Waals surface area contributed by atoms with E-state index in [9.17, 15) is 5.11 Å². The molecule has 1 atom stereocenters. The number of benzene rings is 2. The molecule has 0 aliphatic heterocycles. The SMILES string of the molecule is C=c1cccc(B(O)O)/c1=C/CC.CC[C@H](O)c1ccccc1. The van der Waals surface area contributed by atoms with Crippen molar-refractivity contribution in [2.24, 2.45) is 0 Å². The van der Waals surface area contributed by atoms with Gasteiger partial charge in [0, 0.05) is 0 Å². The van der Waals surface area contributed by atoms with Crippen LogP contribution >= 0.6 is 0 Å². The molecule has 0 aliphatic carbocycles. The van der Waals surface area contributed by atoms with Crippen molar-refractivity contribution in [3.8, 4) is 0 Å². The van der Waals surface area contributed by atoms with E-state index in [1.165, 1.54) is 0 Å². The third-order valence-electron chi connectivity index (χ3n) is 3.49. The zero-order chi connectivity index (χ0) is 17.2. The van der Waals surface area contributed by atoms with Crippen molar-refractivity contribution in [3.63, 3.8) is 0 Å². The second kappa shape index (κ2) is 10.0. The quantitative estimate of drug-likeness (QED) is 0.741. The monoisotopic (exact) mass is 312 g/mol. The molecule has 4 heteroatoms. The lowest BCUT2D eigenvalue weighted by atomic mass is 9.78. The molecule has 0 saturated carbocycles. The maximum absolute atomic E-state index is 9.33. The smallest absolute Gasteiger partial charge is 0.423 e. The molecule has 0 spiro atoms. The molecule has 0 fully saturated rings. The van der Waals surface area contributed by atoms with Gasteiger partial charge in [-0.05, 0) is 34.3 Å². The first-order chi connectivity index (χ1) is 11.0. The minimum Gasteiger partial charge on any atom is -0.423 e. The zero-order valence-electron chi connectivity index (χ0n) is 13.8. The van der Waals surface area contributed by atoms with E-state index in [-0.39, 0.29) is 6.10 Å². The van der Waals surface area contributed by atoms with Crippen LogP contribution in [0.15, 0.2) is 48.5 Å². The van der Waals surface area contributed by atoms with Crippen molar-refractivity contribution in [3.05, 3.63) is 64.5 Å². The maximum atomic E-state index is 9.33. The lowest BCUT2D eigenvalue weighted by Crippen LogP contribution is -2.47. The first kappa shape index (κ1) is 19.2. The van der Waals surface area contributed by atoms with Crippen LogP contribution in [0.2, 0.25) is 0 Å². The van der Waals surface area contributed by atoms with Gasteiger partial charge in [0.2, 0.25) is 0 Å². The Morgan fingerprint density at radius 1 is 1.04 bits per heavy atom. The fourth-order valence-electron chi connectivity index (χ4n) is 2.22. The summed E-state index contributed by atoms with van der Waals surface area (Å²) in [6.45, 7) is 7.80. The molecule has 0 aromatic heterocycles. The second-order valence-electron chi connectivity index (χ2n) is 5.24. The number of hydrogen-bond donors (Lipinski definition) is 3. The van der Waals surface area contributed by atoms with E-state index < -0.39 is 7.12 Å². The van der Waals surface area contributed by atoms with E-state index in [1.807, 2.05) is 56.3 Å². The maximum Gasteiger partial charge on any atom is 0.489 e. The fraction of sp³-hybridized carbons (Fsp3) is 0.263. The highest BCUT2D eigenvalue weighted by Crippen LogP contribution is 2.14. The van der Waals surface area contributed by atoms with Crippen LogP contribution in [0, 0.1) is 0 Å². The third kappa shape index (κ3) is 6.03. The van der Waals surface area contributed by atoms with Crippen LogP contribution in [0.3, 0.4) is 0 Å². The number of hydrogen-bond acceptors (Lipinski definition) is 3. The Bertz CT molecular complexity index is 684. The van der Waals surface area contributed by atoms with Crippen LogP contribution in [0.25, 0.3) is 12.7 Å². The van der Waals surface area contributed by atoms with Crippen LogP contribution in [0.1, 0.15) is 38.4 Å². The van der Waals surface area contributed by atoms with Crippen molar-refractivity contribution in [1.82, 2.24) is 0 Å². The molecule has 0 bridgehead atoms. The van der Waals surface area contributed by atoms with E-state index in [1.54, 1.807) is 12.1 Å². The van der Waals surface area contributed by atoms with Gasteiger partial charge in [-0.15, -0.1) is 0 Å². The molecule has 2 aromatic carbocycles. The van der Waals surface area contributed by atoms with E-state index in [4.69, 9.17) is 10.0 Å². The third-order valence-corrected chi connectivity index (χ3v) is 3.49. The Kier molecular flexibility index (Phi) is 8.34. The Morgan fingerprint density at radius 3 is 2.22 bits per heavy atom. The Balaban J connectivity index is 0.000000238. The number of aliphatic hydroxyl groups excluding tert-OH is 1. The summed E-state index contributed by atoms with van der Waals surface area (Å²) in [7, 11) is -1.42. The largest absolute Gasteiger partial charge is 0.489 e. The Labute approximate surface area is 138 Å². The van der Waals surface area contributed by atoms with Gasteiger partial charge in [0.15, 0.2) is 0 Å². The molecule has 23 heavy (non-hydrogen) atoms. The van der Waals surface area contributed by atoms with Crippen LogP contribution in [-0.4, -0.2) is 22.3 Å². The van der Waals surface area contributed by atoms with Gasteiger partial charge in [0.05, 0.1) is 6.10 Å². The van der Waals surface area contributed by atoms with Crippen molar-refractivity contribution in [2.45, 2.75) is 32.8 Å². The van der Waals surface area contributed by atoms with Crippen LogP contribution in [-0.2, 0) is 0 Å². The lowest BCUT2D eigenvalue weighted by Gasteiger charge is -2.05. The van der Waals surface area contributed by atoms with Crippen LogP contribution < -0.4 is 15.9 Å². The first-order valence-electron chi connectivity index (χ1n) is 7.88. The van der Waals surface area contributed by atoms with Gasteiger partial charge in [0.25, 0.3) is 0 Å². The highest BCUT2D eigenvalue weighted by molar-refractivity contribution is 6.58. The van der Waals surface area contributed by atoms with Crippen molar-refractivity contribution in [2.75, 3.05) is 0 Å². The number of rotatable bonds is 4. The van der Waals surface area contributed by atoms with Gasteiger partial charge in [0.1, 0.15) is 0 Å². The zero-order valence-corrected chi connectivity index (χ0v) is 13.8. The van der Waals surface area contributed by atoms with Crippen molar-refractivity contribution >= 4 is 25.2 Å². The van der Waals surface area contributed by atoms with Crippen molar-refractivity contribution < 1.29 is 15.2 Å². The molecule has 0 saturated heterocycles. The van der Waals surface area contributed by atoms with Gasteiger partial charge in [-0.2, -0.15) is 0 Å². The molecular weight excluding hydrogens is 287 g/mol. The van der Waals surface area contributed by atoms with Crippen LogP contribution in [0.5, 0.6) is 0 Å². The second-order valence-corrected chi connectivity index (χ2v) is 5.24. The average Bonchev–Trinajstić information content (AvgIpc) is 2.57. The summed E-state index contributed by atoms with van der Waals surface area (Å²) in [5.41, 5.74) is 1.53. The summed E-state index contributed by atoms with van der Waals surface area (Å²) in [6.07, 6.45) is 3.29. The molecule has 3 nitrogen and oxygen atoms in total. The first-order valence-corrected chi connectivity index (χ1v) is 7.88. The highest BCUT2D eigenvalue weighted by Gasteiger charge is 2.11. The molecule has 0 aliphatic rings. The summed E-state index contributed by atoms with van der Waals surface area (Å²) in [4.78, 5) is 0. The minimum atomic E-state index is -1.42. The molecule has 122 valence electrons. The molecular formula is C19H25BO3. The standard InChI is InChI=1S/C10H13BO2.C9H12O/c1-3-5-9-8(2)6-4-7-10(9)11(12)13;1-2-9(10)8-6-4-3-5-7-8/h4-7,12-13H,2-3H2,1H3;3-7,9-10H,2H2,1H3/b9-5+;/t;9-/m.0/s1. The van der Waals surface area contributed by atoms with Gasteiger partial charge < -0.3 is 15.2 Å². The lowest BCUT2D eigenvalue weighted by molar-refractivity contribution is 0.173. The predicted octanol–water partition coefficient (Wildman–Crippen LogP) is 1.10. The van der Waals surface area contributed by atoms with E-state index in [0.717, 1.165) is 28.8 Å². The topological polar surface area (TPSA) is 60.7 Å². The molecule has 0 heterocycles. The van der Waals surface area contributed by atoms with E-state index in [2.05, 4.69) is 6.58 Å². The minimum absolute atomic E-state index is 0.291. The molecule has 0 unspecified atom stereocenters. The van der Waals surface area contributed by atoms with Gasteiger partial charge in [-0.25, -0.2) is 0 Å². The average molecular weight is 312 g/mol. The molecule has 3 N–H and O–H groups in total. The predicted molar refractivity (Wildman–Crippen MR) is 97.5 cm³/mol. The molecule has 0 radical (unpaired) electrons. The van der Waals surface area contributed by atoms with Crippen LogP contribution in [0.4, 0.5) is 0 Å². The summed E-state index contributed by atoms with van der Waals surface area (Å²) in [5.74, 6) is 0. The fourth-order valence-corrected chi connectivity index (χ4v) is 2.22.